The molecule has 20 heavy (non-hydrogen) atoms. The molecule has 2 aromatic heterocycles. The maximum Gasteiger partial charge on any atom is 0.0963 e. The third-order valence-corrected chi connectivity index (χ3v) is 3.85. The maximum absolute atomic E-state index is 4.36. The van der Waals surface area contributed by atoms with Gasteiger partial charge >= 0.3 is 0 Å². The molecule has 3 aromatic rings. The standard InChI is InChI=1S/C16H17N3S/c1-11(14-4-3-5-17-9-14)6-13-7-12(2)16-15(8-13)10-19(20)18-16/h3-5,7-11,20H,6H2,1-2H3. The Morgan fingerprint density at radius 3 is 2.95 bits per heavy atom. The van der Waals surface area contributed by atoms with Gasteiger partial charge in [-0.05, 0) is 60.9 Å². The number of rotatable bonds is 3. The van der Waals surface area contributed by atoms with Crippen molar-refractivity contribution in [1.29, 1.82) is 0 Å². The first-order valence-corrected chi connectivity index (χ1v) is 7.11. The van der Waals surface area contributed by atoms with Crippen molar-refractivity contribution < 1.29 is 0 Å². The Morgan fingerprint density at radius 2 is 2.20 bits per heavy atom. The lowest BCUT2D eigenvalue weighted by Gasteiger charge is -2.12. The monoisotopic (exact) mass is 283 g/mol. The third-order valence-electron chi connectivity index (χ3n) is 3.64. The fourth-order valence-corrected chi connectivity index (χ4v) is 2.85. The van der Waals surface area contributed by atoms with Crippen LogP contribution in [-0.4, -0.2) is 14.2 Å². The van der Waals surface area contributed by atoms with Crippen molar-refractivity contribution >= 4 is 23.7 Å². The van der Waals surface area contributed by atoms with Crippen molar-refractivity contribution in [3.8, 4) is 0 Å². The van der Waals surface area contributed by atoms with Gasteiger partial charge in [-0.15, -0.1) is 0 Å². The lowest BCUT2D eigenvalue weighted by Crippen LogP contribution is -1.99. The molecule has 0 saturated carbocycles. The number of hydrogen-bond acceptors (Lipinski definition) is 3. The Balaban J connectivity index is 1.91. The minimum Gasteiger partial charge on any atom is -0.264 e. The first kappa shape index (κ1) is 13.2. The Hall–Kier alpha value is -1.81. The summed E-state index contributed by atoms with van der Waals surface area (Å²) in [6.07, 6.45) is 6.71. The Bertz CT molecular complexity index is 734. The molecule has 1 aromatic carbocycles. The first-order valence-electron chi connectivity index (χ1n) is 6.71. The van der Waals surface area contributed by atoms with Gasteiger partial charge in [0.15, 0.2) is 0 Å². The second-order valence-corrected chi connectivity index (χ2v) is 5.70. The number of aromatic nitrogens is 3. The van der Waals surface area contributed by atoms with E-state index in [9.17, 15) is 0 Å². The fourth-order valence-electron chi connectivity index (χ4n) is 2.63. The summed E-state index contributed by atoms with van der Waals surface area (Å²) >= 11 is 4.25. The van der Waals surface area contributed by atoms with E-state index in [1.165, 1.54) is 16.7 Å². The van der Waals surface area contributed by atoms with E-state index in [-0.39, 0.29) is 0 Å². The maximum atomic E-state index is 4.36. The summed E-state index contributed by atoms with van der Waals surface area (Å²) in [6, 6.07) is 8.55. The van der Waals surface area contributed by atoms with Gasteiger partial charge in [0.25, 0.3) is 0 Å². The van der Waals surface area contributed by atoms with Gasteiger partial charge in [-0.2, -0.15) is 5.10 Å². The third kappa shape index (κ3) is 2.56. The van der Waals surface area contributed by atoms with Gasteiger partial charge in [-0.25, -0.2) is 4.09 Å². The SMILES string of the molecule is Cc1cc(CC(C)c2cccnc2)cc2cn(S)nc12. The lowest BCUT2D eigenvalue weighted by molar-refractivity contribution is 0.755. The van der Waals surface area contributed by atoms with Crippen LogP contribution in [0, 0.1) is 6.92 Å². The number of thiol groups is 1. The number of aryl methyl sites for hydroxylation is 1. The normalized spacial score (nSPS) is 12.8. The van der Waals surface area contributed by atoms with E-state index >= 15 is 0 Å². The van der Waals surface area contributed by atoms with Crippen LogP contribution in [0.25, 0.3) is 10.9 Å². The topological polar surface area (TPSA) is 30.7 Å². The number of nitrogens with zero attached hydrogens (tertiary/aromatic N) is 3. The quantitative estimate of drug-likeness (QED) is 0.742. The van der Waals surface area contributed by atoms with E-state index in [1.54, 1.807) is 4.09 Å². The Kier molecular flexibility index (Phi) is 3.49. The van der Waals surface area contributed by atoms with Crippen molar-refractivity contribution in [1.82, 2.24) is 14.2 Å². The zero-order chi connectivity index (χ0) is 14.1. The molecule has 3 nitrogen and oxygen atoms in total. The molecule has 0 aliphatic carbocycles. The molecule has 0 radical (unpaired) electrons. The van der Waals surface area contributed by atoms with Gasteiger partial charge < -0.3 is 0 Å². The number of pyridine rings is 1. The van der Waals surface area contributed by atoms with Crippen molar-refractivity contribution in [2.45, 2.75) is 26.2 Å². The van der Waals surface area contributed by atoms with Gasteiger partial charge in [0.05, 0.1) is 5.52 Å². The van der Waals surface area contributed by atoms with E-state index < -0.39 is 0 Å². The summed E-state index contributed by atoms with van der Waals surface area (Å²) in [4.78, 5) is 4.19. The predicted molar refractivity (Wildman–Crippen MR) is 85.2 cm³/mol. The summed E-state index contributed by atoms with van der Waals surface area (Å²) in [7, 11) is 0. The molecule has 2 heterocycles. The van der Waals surface area contributed by atoms with Crippen LogP contribution in [0.15, 0.2) is 42.9 Å². The molecule has 0 saturated heterocycles. The molecule has 1 unspecified atom stereocenters. The Morgan fingerprint density at radius 1 is 1.35 bits per heavy atom. The van der Waals surface area contributed by atoms with Crippen molar-refractivity contribution in [2.24, 2.45) is 0 Å². The first-order chi connectivity index (χ1) is 9.63. The number of hydrogen-bond donors (Lipinski definition) is 1. The smallest absolute Gasteiger partial charge is 0.0963 e. The molecule has 3 rings (SSSR count). The molecule has 0 aliphatic heterocycles. The molecule has 4 heteroatoms. The highest BCUT2D eigenvalue weighted by molar-refractivity contribution is 7.78. The van der Waals surface area contributed by atoms with Gasteiger partial charge in [0, 0.05) is 24.0 Å². The van der Waals surface area contributed by atoms with Crippen LogP contribution in [0.2, 0.25) is 0 Å². The second-order valence-electron chi connectivity index (χ2n) is 5.29. The minimum atomic E-state index is 0.451. The molecule has 0 bridgehead atoms. The molecular formula is C16H17N3S. The summed E-state index contributed by atoms with van der Waals surface area (Å²) in [5.74, 6) is 0.451. The highest BCUT2D eigenvalue weighted by Gasteiger charge is 2.10. The Labute approximate surface area is 124 Å². The van der Waals surface area contributed by atoms with Gasteiger partial charge in [0.1, 0.15) is 0 Å². The highest BCUT2D eigenvalue weighted by atomic mass is 32.1. The molecule has 102 valence electrons. The molecule has 0 amide bonds. The van der Waals surface area contributed by atoms with Crippen molar-refractivity contribution in [2.75, 3.05) is 0 Å². The van der Waals surface area contributed by atoms with Crippen LogP contribution in [0.5, 0.6) is 0 Å². The van der Waals surface area contributed by atoms with Crippen LogP contribution >= 0.6 is 12.8 Å². The zero-order valence-corrected chi connectivity index (χ0v) is 12.5. The summed E-state index contributed by atoms with van der Waals surface area (Å²) in [5.41, 5.74) is 4.82. The highest BCUT2D eigenvalue weighted by Crippen LogP contribution is 2.24. The molecular weight excluding hydrogens is 266 g/mol. The summed E-state index contributed by atoms with van der Waals surface area (Å²) in [6.45, 7) is 4.33. The molecule has 0 aliphatic rings. The van der Waals surface area contributed by atoms with E-state index in [2.05, 4.69) is 54.9 Å². The molecule has 0 spiro atoms. The van der Waals surface area contributed by atoms with Crippen molar-refractivity contribution in [3.63, 3.8) is 0 Å². The van der Waals surface area contributed by atoms with E-state index in [0.29, 0.717) is 5.92 Å². The van der Waals surface area contributed by atoms with Gasteiger partial charge in [-0.1, -0.05) is 19.1 Å². The van der Waals surface area contributed by atoms with Crippen LogP contribution in [0.3, 0.4) is 0 Å². The second kappa shape index (κ2) is 5.29. The molecule has 0 N–H and O–H groups in total. The lowest BCUT2D eigenvalue weighted by atomic mass is 9.93. The van der Waals surface area contributed by atoms with Crippen molar-refractivity contribution in [3.05, 3.63) is 59.5 Å². The largest absolute Gasteiger partial charge is 0.264 e. The van der Waals surface area contributed by atoms with Crippen LogP contribution < -0.4 is 0 Å². The van der Waals surface area contributed by atoms with E-state index in [1.807, 2.05) is 24.7 Å². The number of benzene rings is 1. The minimum absolute atomic E-state index is 0.451. The zero-order valence-electron chi connectivity index (χ0n) is 11.6. The van der Waals surface area contributed by atoms with Crippen LogP contribution in [0.4, 0.5) is 0 Å². The number of fused-ring (bicyclic) bond motifs is 1. The van der Waals surface area contributed by atoms with E-state index in [0.717, 1.165) is 17.3 Å². The fraction of sp³-hybridized carbons (Fsp3) is 0.250. The molecule has 0 fully saturated rings. The average molecular weight is 283 g/mol. The summed E-state index contributed by atoms with van der Waals surface area (Å²) in [5, 5.41) is 5.51. The van der Waals surface area contributed by atoms with Gasteiger partial charge in [0.2, 0.25) is 0 Å². The van der Waals surface area contributed by atoms with Gasteiger partial charge in [-0.3, -0.25) is 4.98 Å². The molecule has 1 atom stereocenters. The van der Waals surface area contributed by atoms with Crippen LogP contribution in [-0.2, 0) is 6.42 Å². The van der Waals surface area contributed by atoms with Crippen LogP contribution in [0.1, 0.15) is 29.5 Å². The predicted octanol–water partition coefficient (Wildman–Crippen LogP) is 3.78. The average Bonchev–Trinajstić information content (AvgIpc) is 2.81. The van der Waals surface area contributed by atoms with E-state index in [4.69, 9.17) is 0 Å². The summed E-state index contributed by atoms with van der Waals surface area (Å²) < 4.78 is 1.58.